The average Bonchev–Trinajstić information content (AvgIpc) is 2.86. The number of aliphatic hydroxyl groups excluding tert-OH is 1. The molecule has 3 aromatic rings. The van der Waals surface area contributed by atoms with Gasteiger partial charge in [-0.25, -0.2) is 9.97 Å². The van der Waals surface area contributed by atoms with Gasteiger partial charge in [-0.05, 0) is 25.2 Å². The van der Waals surface area contributed by atoms with Crippen LogP contribution in [-0.4, -0.2) is 91.4 Å². The molecule has 0 aliphatic carbocycles. The van der Waals surface area contributed by atoms with Crippen LogP contribution in [-0.2, 0) is 0 Å². The fourth-order valence-electron chi connectivity index (χ4n) is 3.85. The Morgan fingerprint density at radius 3 is 2.33 bits per heavy atom. The second-order valence-electron chi connectivity index (χ2n) is 7.94. The van der Waals surface area contributed by atoms with E-state index in [9.17, 15) is 9.90 Å². The standard InChI is InChI=1S/C24H29N5O4/c1-28-9-11-29(12-10-28)24(31)17-6-4-16(5-7-17)22-26-19-15-21(33-3)20(32-2)14-18(19)23(27-22)25-8-13-30/h4-7,14-15,30H,8-13H2,1-3H3,(H,25,26,27). The number of amides is 1. The molecule has 9 heteroatoms. The summed E-state index contributed by atoms with van der Waals surface area (Å²) < 4.78 is 10.8. The lowest BCUT2D eigenvalue weighted by Crippen LogP contribution is -2.47. The van der Waals surface area contributed by atoms with Gasteiger partial charge < -0.3 is 29.7 Å². The highest BCUT2D eigenvalue weighted by molar-refractivity contribution is 5.95. The van der Waals surface area contributed by atoms with Crippen LogP contribution in [0.15, 0.2) is 36.4 Å². The fraction of sp³-hybridized carbons (Fsp3) is 0.375. The van der Waals surface area contributed by atoms with E-state index in [1.54, 1.807) is 20.3 Å². The van der Waals surface area contributed by atoms with E-state index in [1.165, 1.54) is 0 Å². The molecule has 0 spiro atoms. The van der Waals surface area contributed by atoms with Gasteiger partial charge >= 0.3 is 0 Å². The first-order chi connectivity index (χ1) is 16.0. The van der Waals surface area contributed by atoms with E-state index >= 15 is 0 Å². The summed E-state index contributed by atoms with van der Waals surface area (Å²) >= 11 is 0. The minimum atomic E-state index is -0.0305. The van der Waals surface area contributed by atoms with Gasteiger partial charge in [0.15, 0.2) is 17.3 Å². The molecule has 1 aromatic heterocycles. The number of nitrogens with zero attached hydrogens (tertiary/aromatic N) is 4. The number of carbonyl (C=O) groups excluding carboxylic acids is 1. The zero-order valence-corrected chi connectivity index (χ0v) is 19.2. The number of hydrogen-bond acceptors (Lipinski definition) is 8. The van der Waals surface area contributed by atoms with Gasteiger partial charge in [-0.1, -0.05) is 12.1 Å². The number of piperazine rings is 1. The zero-order valence-electron chi connectivity index (χ0n) is 19.2. The Kier molecular flexibility index (Phi) is 6.90. The maximum Gasteiger partial charge on any atom is 0.253 e. The molecule has 2 aromatic carbocycles. The Morgan fingerprint density at radius 2 is 1.70 bits per heavy atom. The molecule has 2 N–H and O–H groups in total. The Hall–Kier alpha value is -3.43. The molecule has 2 heterocycles. The van der Waals surface area contributed by atoms with Crippen LogP contribution in [0.4, 0.5) is 5.82 Å². The third-order valence-corrected chi connectivity index (χ3v) is 5.79. The molecule has 1 amide bonds. The van der Waals surface area contributed by atoms with E-state index in [1.807, 2.05) is 35.2 Å². The van der Waals surface area contributed by atoms with E-state index in [2.05, 4.69) is 22.2 Å². The first-order valence-corrected chi connectivity index (χ1v) is 10.9. The number of likely N-dealkylation sites (N-methyl/N-ethyl adjacent to an activating group) is 1. The van der Waals surface area contributed by atoms with Crippen molar-refractivity contribution in [2.24, 2.45) is 0 Å². The number of rotatable bonds is 7. The maximum absolute atomic E-state index is 12.8. The molecule has 33 heavy (non-hydrogen) atoms. The molecule has 0 atom stereocenters. The molecule has 1 fully saturated rings. The number of nitrogens with one attached hydrogen (secondary N) is 1. The molecule has 174 valence electrons. The Morgan fingerprint density at radius 1 is 1.03 bits per heavy atom. The second kappa shape index (κ2) is 10.0. The van der Waals surface area contributed by atoms with Crippen molar-refractivity contribution in [3.63, 3.8) is 0 Å². The van der Waals surface area contributed by atoms with Crippen LogP contribution in [0.1, 0.15) is 10.4 Å². The predicted molar refractivity (Wildman–Crippen MR) is 127 cm³/mol. The Labute approximate surface area is 193 Å². The summed E-state index contributed by atoms with van der Waals surface area (Å²) in [7, 11) is 5.22. The number of aliphatic hydroxyl groups is 1. The molecule has 0 radical (unpaired) electrons. The van der Waals surface area contributed by atoms with Crippen LogP contribution >= 0.6 is 0 Å². The Balaban J connectivity index is 1.67. The van der Waals surface area contributed by atoms with Crippen LogP contribution in [0.5, 0.6) is 11.5 Å². The summed E-state index contributed by atoms with van der Waals surface area (Å²) in [5.41, 5.74) is 2.11. The van der Waals surface area contributed by atoms with Gasteiger partial charge in [-0.3, -0.25) is 4.79 Å². The maximum atomic E-state index is 12.8. The van der Waals surface area contributed by atoms with Gasteiger partial charge in [0, 0.05) is 55.3 Å². The monoisotopic (exact) mass is 451 g/mol. The lowest BCUT2D eigenvalue weighted by Gasteiger charge is -2.32. The van der Waals surface area contributed by atoms with Crippen LogP contribution in [0.25, 0.3) is 22.3 Å². The topological polar surface area (TPSA) is 100 Å². The SMILES string of the molecule is COc1cc2nc(-c3ccc(C(=O)N4CCN(C)CC4)cc3)nc(NCCO)c2cc1OC. The number of aromatic nitrogens is 2. The van der Waals surface area contributed by atoms with Crippen LogP contribution in [0.2, 0.25) is 0 Å². The minimum absolute atomic E-state index is 0.0305. The molecule has 0 bridgehead atoms. The Bertz CT molecular complexity index is 1130. The normalized spacial score (nSPS) is 14.4. The van der Waals surface area contributed by atoms with Crippen molar-refractivity contribution in [3.05, 3.63) is 42.0 Å². The smallest absolute Gasteiger partial charge is 0.253 e. The summed E-state index contributed by atoms with van der Waals surface area (Å²) in [5.74, 6) is 2.27. The van der Waals surface area contributed by atoms with Crippen molar-refractivity contribution in [1.29, 1.82) is 0 Å². The van der Waals surface area contributed by atoms with E-state index in [-0.39, 0.29) is 12.5 Å². The lowest BCUT2D eigenvalue weighted by molar-refractivity contribution is 0.0664. The summed E-state index contributed by atoms with van der Waals surface area (Å²) in [6.45, 7) is 3.54. The zero-order chi connectivity index (χ0) is 23.4. The summed E-state index contributed by atoms with van der Waals surface area (Å²) in [4.78, 5) is 26.4. The lowest BCUT2D eigenvalue weighted by atomic mass is 10.1. The van der Waals surface area contributed by atoms with E-state index in [0.29, 0.717) is 40.8 Å². The van der Waals surface area contributed by atoms with Crippen molar-refractivity contribution in [2.45, 2.75) is 0 Å². The number of anilines is 1. The van der Waals surface area contributed by atoms with Crippen molar-refractivity contribution in [1.82, 2.24) is 19.8 Å². The van der Waals surface area contributed by atoms with Crippen molar-refractivity contribution in [3.8, 4) is 22.9 Å². The van der Waals surface area contributed by atoms with Gasteiger partial charge in [0.1, 0.15) is 5.82 Å². The van der Waals surface area contributed by atoms with Crippen molar-refractivity contribution in [2.75, 3.05) is 65.9 Å². The first kappa shape index (κ1) is 22.8. The largest absolute Gasteiger partial charge is 0.493 e. The van der Waals surface area contributed by atoms with E-state index in [0.717, 1.165) is 37.1 Å². The number of ether oxygens (including phenoxy) is 2. The summed E-state index contributed by atoms with van der Waals surface area (Å²) in [5, 5.41) is 13.2. The average molecular weight is 452 g/mol. The third kappa shape index (κ3) is 4.84. The van der Waals surface area contributed by atoms with Crippen molar-refractivity contribution < 1.29 is 19.4 Å². The second-order valence-corrected chi connectivity index (χ2v) is 7.94. The van der Waals surface area contributed by atoms with Gasteiger partial charge in [0.05, 0.1) is 26.3 Å². The molecule has 0 unspecified atom stereocenters. The number of benzene rings is 2. The van der Waals surface area contributed by atoms with E-state index < -0.39 is 0 Å². The van der Waals surface area contributed by atoms with Gasteiger partial charge in [-0.2, -0.15) is 0 Å². The highest BCUT2D eigenvalue weighted by Crippen LogP contribution is 2.35. The van der Waals surface area contributed by atoms with Crippen LogP contribution in [0.3, 0.4) is 0 Å². The summed E-state index contributed by atoms with van der Waals surface area (Å²) in [6.07, 6.45) is 0. The number of fused-ring (bicyclic) bond motifs is 1. The molecule has 9 nitrogen and oxygen atoms in total. The number of carbonyl (C=O) groups is 1. The predicted octanol–water partition coefficient (Wildman–Crippen LogP) is 2.11. The first-order valence-electron chi connectivity index (χ1n) is 10.9. The van der Waals surface area contributed by atoms with Crippen LogP contribution in [0, 0.1) is 0 Å². The molecular formula is C24H29N5O4. The van der Waals surface area contributed by atoms with Gasteiger partial charge in [0.25, 0.3) is 5.91 Å². The van der Waals surface area contributed by atoms with Gasteiger partial charge in [-0.15, -0.1) is 0 Å². The quantitative estimate of drug-likeness (QED) is 0.564. The molecule has 1 saturated heterocycles. The summed E-state index contributed by atoms with van der Waals surface area (Å²) in [6, 6.07) is 11.0. The molecule has 0 saturated carbocycles. The van der Waals surface area contributed by atoms with Gasteiger partial charge in [0.2, 0.25) is 0 Å². The van der Waals surface area contributed by atoms with E-state index in [4.69, 9.17) is 14.5 Å². The third-order valence-electron chi connectivity index (χ3n) is 5.79. The minimum Gasteiger partial charge on any atom is -0.493 e. The number of methoxy groups -OCH3 is 2. The van der Waals surface area contributed by atoms with Crippen LogP contribution < -0.4 is 14.8 Å². The molecule has 4 rings (SSSR count). The fourth-order valence-corrected chi connectivity index (χ4v) is 3.85. The highest BCUT2D eigenvalue weighted by atomic mass is 16.5. The van der Waals surface area contributed by atoms with Crippen molar-refractivity contribution >= 4 is 22.6 Å². The number of hydrogen-bond donors (Lipinski definition) is 2. The molecular weight excluding hydrogens is 422 g/mol. The highest BCUT2D eigenvalue weighted by Gasteiger charge is 2.20. The molecule has 1 aliphatic heterocycles. The molecule has 1 aliphatic rings.